The molecule has 1 aliphatic heterocycles. The van der Waals surface area contributed by atoms with Crippen LogP contribution in [0.15, 0.2) is 5.29 Å². The molecule has 1 rings (SSSR count). The number of esters is 1. The van der Waals surface area contributed by atoms with Crippen LogP contribution in [-0.4, -0.2) is 43.9 Å². The molecule has 1 heterocycles. The third-order valence-corrected chi connectivity index (χ3v) is 1.62. The first kappa shape index (κ1) is 8.92. The zero-order chi connectivity index (χ0) is 8.97. The molecule has 1 saturated heterocycles. The van der Waals surface area contributed by atoms with Crippen LogP contribution in [0.2, 0.25) is 0 Å². The Morgan fingerprint density at radius 1 is 1.75 bits per heavy atom. The summed E-state index contributed by atoms with van der Waals surface area (Å²) < 4.78 is 9.50. The lowest BCUT2D eigenvalue weighted by Gasteiger charge is -2.26. The van der Waals surface area contributed by atoms with Crippen LogP contribution in [0.5, 0.6) is 0 Å². The molecular formula is C6H10N2O4. The lowest BCUT2D eigenvalue weighted by atomic mass is 10.3. The SMILES string of the molecule is COC(=O)C1CN(N=O)CCO1. The molecule has 68 valence electrons. The molecule has 6 heteroatoms. The van der Waals surface area contributed by atoms with E-state index < -0.39 is 12.1 Å². The first-order valence-electron chi connectivity index (χ1n) is 3.55. The van der Waals surface area contributed by atoms with E-state index in [1.165, 1.54) is 12.1 Å². The smallest absolute Gasteiger partial charge is 0.336 e. The molecule has 0 amide bonds. The van der Waals surface area contributed by atoms with Gasteiger partial charge in [-0.1, -0.05) is 0 Å². The Balaban J connectivity index is 2.45. The number of ether oxygens (including phenoxy) is 2. The van der Waals surface area contributed by atoms with Crippen molar-refractivity contribution in [3.05, 3.63) is 4.91 Å². The summed E-state index contributed by atoms with van der Waals surface area (Å²) >= 11 is 0. The quantitative estimate of drug-likeness (QED) is 0.418. The third kappa shape index (κ3) is 1.91. The highest BCUT2D eigenvalue weighted by molar-refractivity contribution is 5.74. The molecule has 1 aliphatic rings. The highest BCUT2D eigenvalue weighted by Gasteiger charge is 2.27. The van der Waals surface area contributed by atoms with Crippen LogP contribution < -0.4 is 0 Å². The summed E-state index contributed by atoms with van der Waals surface area (Å²) in [5.74, 6) is -0.469. The van der Waals surface area contributed by atoms with E-state index in [2.05, 4.69) is 10.0 Å². The van der Waals surface area contributed by atoms with E-state index in [9.17, 15) is 9.70 Å². The van der Waals surface area contributed by atoms with Crippen LogP contribution >= 0.6 is 0 Å². The van der Waals surface area contributed by atoms with Gasteiger partial charge in [-0.25, -0.2) is 4.79 Å². The van der Waals surface area contributed by atoms with Gasteiger partial charge in [0.1, 0.15) is 0 Å². The molecule has 0 aromatic rings. The molecule has 0 N–H and O–H groups in total. The van der Waals surface area contributed by atoms with Crippen molar-refractivity contribution < 1.29 is 14.3 Å². The van der Waals surface area contributed by atoms with Gasteiger partial charge in [0.25, 0.3) is 0 Å². The summed E-state index contributed by atoms with van der Waals surface area (Å²) in [4.78, 5) is 21.0. The molecule has 0 saturated carbocycles. The summed E-state index contributed by atoms with van der Waals surface area (Å²) in [5.41, 5.74) is 0. The predicted molar refractivity (Wildman–Crippen MR) is 39.1 cm³/mol. The molecule has 12 heavy (non-hydrogen) atoms. The molecule has 0 radical (unpaired) electrons. The van der Waals surface area contributed by atoms with E-state index in [0.29, 0.717) is 13.2 Å². The fourth-order valence-corrected chi connectivity index (χ4v) is 0.984. The van der Waals surface area contributed by atoms with Crippen LogP contribution in [0.4, 0.5) is 0 Å². The van der Waals surface area contributed by atoms with Crippen LogP contribution in [0.25, 0.3) is 0 Å². The van der Waals surface area contributed by atoms with Gasteiger partial charge in [0, 0.05) is 0 Å². The summed E-state index contributed by atoms with van der Waals surface area (Å²) in [6, 6.07) is 0. The summed E-state index contributed by atoms with van der Waals surface area (Å²) in [6.45, 7) is 0.929. The van der Waals surface area contributed by atoms with Gasteiger partial charge in [-0.3, -0.25) is 5.01 Å². The number of carbonyl (C=O) groups excluding carboxylic acids is 1. The topological polar surface area (TPSA) is 68.2 Å². The Kier molecular flexibility index (Phi) is 2.98. The van der Waals surface area contributed by atoms with Gasteiger partial charge < -0.3 is 9.47 Å². The zero-order valence-corrected chi connectivity index (χ0v) is 6.73. The normalized spacial score (nSPS) is 23.4. The third-order valence-electron chi connectivity index (χ3n) is 1.62. The highest BCUT2D eigenvalue weighted by Crippen LogP contribution is 2.06. The Hall–Kier alpha value is -1.17. The van der Waals surface area contributed by atoms with Gasteiger partial charge in [0.2, 0.25) is 0 Å². The second kappa shape index (κ2) is 4.01. The monoisotopic (exact) mass is 174 g/mol. The van der Waals surface area contributed by atoms with Gasteiger partial charge in [-0.15, -0.1) is 4.91 Å². The second-order valence-electron chi connectivity index (χ2n) is 2.38. The van der Waals surface area contributed by atoms with E-state index >= 15 is 0 Å². The van der Waals surface area contributed by atoms with Gasteiger partial charge >= 0.3 is 5.97 Å². The summed E-state index contributed by atoms with van der Waals surface area (Å²) in [5, 5.41) is 3.95. The van der Waals surface area contributed by atoms with Crippen molar-refractivity contribution in [2.75, 3.05) is 26.8 Å². The van der Waals surface area contributed by atoms with Gasteiger partial charge in [0.15, 0.2) is 6.10 Å². The van der Waals surface area contributed by atoms with E-state index in [4.69, 9.17) is 4.74 Å². The van der Waals surface area contributed by atoms with Crippen molar-refractivity contribution in [2.24, 2.45) is 5.29 Å². The van der Waals surface area contributed by atoms with E-state index in [0.717, 1.165) is 0 Å². The maximum Gasteiger partial charge on any atom is 0.336 e. The molecule has 0 spiro atoms. The van der Waals surface area contributed by atoms with Gasteiger partial charge in [0.05, 0.1) is 32.1 Å². The Labute approximate surface area is 69.4 Å². The van der Waals surface area contributed by atoms with Crippen LogP contribution in [0.1, 0.15) is 0 Å². The van der Waals surface area contributed by atoms with Gasteiger partial charge in [-0.05, 0) is 0 Å². The second-order valence-corrected chi connectivity index (χ2v) is 2.38. The lowest BCUT2D eigenvalue weighted by molar-refractivity contribution is -0.159. The van der Waals surface area contributed by atoms with Crippen LogP contribution in [0, 0.1) is 4.91 Å². The van der Waals surface area contributed by atoms with Crippen LogP contribution in [-0.2, 0) is 14.3 Å². The number of nitrogens with zero attached hydrogens (tertiary/aromatic N) is 2. The summed E-state index contributed by atoms with van der Waals surface area (Å²) in [7, 11) is 1.28. The van der Waals surface area contributed by atoms with Crippen molar-refractivity contribution in [1.82, 2.24) is 5.01 Å². The maximum atomic E-state index is 10.9. The fourth-order valence-electron chi connectivity index (χ4n) is 0.984. The largest absolute Gasteiger partial charge is 0.467 e. The fraction of sp³-hybridized carbons (Fsp3) is 0.833. The molecule has 0 bridgehead atoms. The van der Waals surface area contributed by atoms with Crippen molar-refractivity contribution in [3.8, 4) is 0 Å². The summed E-state index contributed by atoms with van der Waals surface area (Å²) in [6.07, 6.45) is -0.679. The van der Waals surface area contributed by atoms with Crippen molar-refractivity contribution in [3.63, 3.8) is 0 Å². The molecule has 1 fully saturated rings. The standard InChI is InChI=1S/C6H10N2O4/c1-11-6(9)5-4-8(7-10)2-3-12-5/h5H,2-4H2,1H3. The van der Waals surface area contributed by atoms with E-state index in [1.807, 2.05) is 0 Å². The average Bonchev–Trinajstić information content (AvgIpc) is 2.17. The molecule has 1 unspecified atom stereocenters. The minimum Gasteiger partial charge on any atom is -0.467 e. The number of morpholine rings is 1. The number of rotatable bonds is 2. The highest BCUT2D eigenvalue weighted by atomic mass is 16.6. The molecular weight excluding hydrogens is 164 g/mol. The first-order valence-corrected chi connectivity index (χ1v) is 3.55. The van der Waals surface area contributed by atoms with Crippen LogP contribution in [0.3, 0.4) is 0 Å². The first-order chi connectivity index (χ1) is 5.77. The molecule has 0 aromatic carbocycles. The minimum absolute atomic E-state index is 0.177. The number of hydrogen-bond acceptors (Lipinski definition) is 5. The van der Waals surface area contributed by atoms with Gasteiger partial charge in [-0.2, -0.15) is 0 Å². The average molecular weight is 174 g/mol. The minimum atomic E-state index is -0.679. The van der Waals surface area contributed by atoms with E-state index in [-0.39, 0.29) is 6.54 Å². The Morgan fingerprint density at radius 3 is 3.08 bits per heavy atom. The predicted octanol–water partition coefficient (Wildman–Crippen LogP) is -0.458. The zero-order valence-electron chi connectivity index (χ0n) is 6.73. The Bertz CT molecular complexity index is 184. The molecule has 6 nitrogen and oxygen atoms in total. The number of methoxy groups -OCH3 is 1. The maximum absolute atomic E-state index is 10.9. The number of hydrogen-bond donors (Lipinski definition) is 0. The van der Waals surface area contributed by atoms with E-state index in [1.54, 1.807) is 0 Å². The lowest BCUT2D eigenvalue weighted by Crippen LogP contribution is -2.43. The molecule has 1 atom stereocenters. The molecule has 0 aliphatic carbocycles. The Morgan fingerprint density at radius 2 is 2.50 bits per heavy atom. The molecule has 0 aromatic heterocycles. The van der Waals surface area contributed by atoms with Crippen molar-refractivity contribution in [1.29, 1.82) is 0 Å². The number of carbonyl (C=O) groups is 1. The number of nitroso groups, excluding NO2 is 1. The van der Waals surface area contributed by atoms with Crippen molar-refractivity contribution in [2.45, 2.75) is 6.10 Å². The van der Waals surface area contributed by atoms with Crippen molar-refractivity contribution >= 4 is 5.97 Å².